The molecule has 39 heavy (non-hydrogen) atoms. The Kier molecular flexibility index (Phi) is 8.59. The maximum Gasteiger partial charge on any atom is 0.405 e. The Morgan fingerprint density at radius 1 is 1.10 bits per heavy atom. The molecule has 0 spiro atoms. The molecule has 5 N–H and O–H groups in total. The van der Waals surface area contributed by atoms with Gasteiger partial charge in [0.05, 0.1) is 11.6 Å². The lowest BCUT2D eigenvalue weighted by molar-refractivity contribution is -0.140. The third-order valence-electron chi connectivity index (χ3n) is 6.75. The quantitative estimate of drug-likeness (QED) is 0.269. The van der Waals surface area contributed by atoms with Crippen molar-refractivity contribution < 1.29 is 24.3 Å². The number of aryl methyl sites for hydroxylation is 2. The van der Waals surface area contributed by atoms with E-state index in [9.17, 15) is 24.3 Å². The molecule has 0 radical (unpaired) electrons. The van der Waals surface area contributed by atoms with E-state index in [1.54, 1.807) is 11.7 Å². The lowest BCUT2D eigenvalue weighted by Crippen LogP contribution is -2.53. The van der Waals surface area contributed by atoms with Crippen LogP contribution in [0.25, 0.3) is 11.0 Å². The number of carboxylic acid groups (broad SMARTS) is 1. The van der Waals surface area contributed by atoms with Gasteiger partial charge in [-0.2, -0.15) is 0 Å². The lowest BCUT2D eigenvalue weighted by Gasteiger charge is -2.28. The Balaban J connectivity index is 1.49. The van der Waals surface area contributed by atoms with Gasteiger partial charge in [0.1, 0.15) is 17.6 Å². The molecule has 13 nitrogen and oxygen atoms in total. The number of fused-ring (bicyclic) bond motifs is 1. The van der Waals surface area contributed by atoms with Crippen molar-refractivity contribution in [3.05, 3.63) is 59.7 Å². The number of nitrogens with one attached hydrogen (secondary N) is 4. The van der Waals surface area contributed by atoms with E-state index >= 15 is 0 Å². The Morgan fingerprint density at radius 3 is 2.59 bits per heavy atom. The Morgan fingerprint density at radius 2 is 1.87 bits per heavy atom. The van der Waals surface area contributed by atoms with E-state index in [0.717, 1.165) is 16.6 Å². The fraction of sp³-hybridized carbons (Fsp3) is 0.385. The first-order valence-electron chi connectivity index (χ1n) is 12.6. The molecule has 1 aromatic heterocycles. The molecule has 1 saturated heterocycles. The van der Waals surface area contributed by atoms with E-state index in [1.165, 1.54) is 11.9 Å². The Bertz CT molecular complexity index is 1340. The minimum atomic E-state index is -1.33. The molecule has 1 aliphatic heterocycles. The number of carbonyl (C=O) groups is 4. The van der Waals surface area contributed by atoms with Crippen LogP contribution in [0.2, 0.25) is 0 Å². The summed E-state index contributed by atoms with van der Waals surface area (Å²) in [7, 11) is 3.26. The molecular formula is C26H32N8O5. The highest BCUT2D eigenvalue weighted by molar-refractivity contribution is 5.92. The van der Waals surface area contributed by atoms with E-state index in [2.05, 4.69) is 31.6 Å². The second-order valence-corrected chi connectivity index (χ2v) is 9.44. The summed E-state index contributed by atoms with van der Waals surface area (Å²) in [6, 6.07) is 12.1. The number of urea groups is 1. The lowest BCUT2D eigenvalue weighted by atomic mass is 10.0. The number of nitrogens with zero attached hydrogens (tertiary/aromatic N) is 4. The third kappa shape index (κ3) is 6.80. The van der Waals surface area contributed by atoms with Gasteiger partial charge < -0.3 is 31.3 Å². The predicted molar refractivity (Wildman–Crippen MR) is 142 cm³/mol. The van der Waals surface area contributed by atoms with E-state index in [1.807, 2.05) is 48.5 Å². The van der Waals surface area contributed by atoms with Crippen LogP contribution in [0.3, 0.4) is 0 Å². The van der Waals surface area contributed by atoms with Gasteiger partial charge in [-0.25, -0.2) is 14.3 Å². The largest absolute Gasteiger partial charge is 0.465 e. The van der Waals surface area contributed by atoms with Crippen molar-refractivity contribution in [3.63, 3.8) is 0 Å². The molecular weight excluding hydrogens is 504 g/mol. The van der Waals surface area contributed by atoms with Crippen molar-refractivity contribution in [2.45, 2.75) is 43.9 Å². The fourth-order valence-corrected chi connectivity index (χ4v) is 4.76. The van der Waals surface area contributed by atoms with Gasteiger partial charge in [-0.1, -0.05) is 41.6 Å². The van der Waals surface area contributed by atoms with E-state index in [4.69, 9.17) is 0 Å². The minimum absolute atomic E-state index is 0.0685. The van der Waals surface area contributed by atoms with Crippen molar-refractivity contribution in [1.29, 1.82) is 0 Å². The van der Waals surface area contributed by atoms with Crippen LogP contribution < -0.4 is 21.3 Å². The summed E-state index contributed by atoms with van der Waals surface area (Å²) in [5.74, 6) is -0.920. The summed E-state index contributed by atoms with van der Waals surface area (Å²) in [5, 5.41) is 27.9. The summed E-state index contributed by atoms with van der Waals surface area (Å²) in [6.45, 7) is 0.265. The molecule has 4 rings (SSSR count). The second kappa shape index (κ2) is 12.2. The average molecular weight is 537 g/mol. The van der Waals surface area contributed by atoms with Gasteiger partial charge in [-0.05, 0) is 42.5 Å². The first kappa shape index (κ1) is 27.4. The molecule has 3 atom stereocenters. The maximum atomic E-state index is 13.6. The first-order valence-corrected chi connectivity index (χ1v) is 12.6. The SMILES string of the molecule is CNC(=O)N[C@H]1C[C@@H](C(=O)NCc2ccc3c(c2)nnn3C)N(C(=O)C(CCc2ccccc2)NC(=O)O)C1. The van der Waals surface area contributed by atoms with Gasteiger partial charge >= 0.3 is 12.1 Å². The predicted octanol–water partition coefficient (Wildman–Crippen LogP) is 0.752. The number of hydrogen-bond donors (Lipinski definition) is 5. The van der Waals surface area contributed by atoms with Crippen LogP contribution in [-0.2, 0) is 29.6 Å². The average Bonchev–Trinajstić information content (AvgIpc) is 3.52. The topological polar surface area (TPSA) is 171 Å². The maximum absolute atomic E-state index is 13.6. The van der Waals surface area contributed by atoms with E-state index < -0.39 is 42.1 Å². The molecule has 1 unspecified atom stereocenters. The zero-order chi connectivity index (χ0) is 27.9. The van der Waals surface area contributed by atoms with Gasteiger partial charge in [-0.3, -0.25) is 9.59 Å². The third-order valence-corrected chi connectivity index (χ3v) is 6.75. The smallest absolute Gasteiger partial charge is 0.405 e. The number of amides is 5. The first-order chi connectivity index (χ1) is 18.7. The molecule has 0 saturated carbocycles. The monoisotopic (exact) mass is 536 g/mol. The van der Waals surface area contributed by atoms with Crippen molar-refractivity contribution in [1.82, 2.24) is 41.2 Å². The fourth-order valence-electron chi connectivity index (χ4n) is 4.76. The molecule has 1 fully saturated rings. The molecule has 13 heteroatoms. The molecule has 1 aliphatic rings. The van der Waals surface area contributed by atoms with Crippen LogP contribution in [0.4, 0.5) is 9.59 Å². The van der Waals surface area contributed by atoms with Crippen LogP contribution in [0, 0.1) is 0 Å². The summed E-state index contributed by atoms with van der Waals surface area (Å²) >= 11 is 0. The molecule has 2 heterocycles. The highest BCUT2D eigenvalue weighted by atomic mass is 16.4. The summed E-state index contributed by atoms with van der Waals surface area (Å²) in [5.41, 5.74) is 3.31. The number of rotatable bonds is 9. The van der Waals surface area contributed by atoms with E-state index in [0.29, 0.717) is 11.9 Å². The number of aromatic nitrogens is 3. The normalized spacial score (nSPS) is 17.4. The van der Waals surface area contributed by atoms with Gasteiger partial charge in [0.25, 0.3) is 0 Å². The number of benzene rings is 2. The highest BCUT2D eigenvalue weighted by Crippen LogP contribution is 2.21. The van der Waals surface area contributed by atoms with Gasteiger partial charge in [0.2, 0.25) is 11.8 Å². The summed E-state index contributed by atoms with van der Waals surface area (Å²) in [4.78, 5) is 51.8. The van der Waals surface area contributed by atoms with Gasteiger partial charge in [0, 0.05) is 27.2 Å². The molecule has 5 amide bonds. The molecule has 3 aromatic rings. The van der Waals surface area contributed by atoms with Gasteiger partial charge in [0.15, 0.2) is 0 Å². The van der Waals surface area contributed by atoms with Crippen molar-refractivity contribution in [3.8, 4) is 0 Å². The summed E-state index contributed by atoms with van der Waals surface area (Å²) in [6.07, 6.45) is -0.466. The number of likely N-dealkylation sites (tertiary alicyclic amines) is 1. The van der Waals surface area contributed by atoms with Crippen molar-refractivity contribution >= 4 is 35.0 Å². The number of carbonyl (C=O) groups excluding carboxylic acids is 3. The zero-order valence-corrected chi connectivity index (χ0v) is 21.8. The van der Waals surface area contributed by atoms with E-state index in [-0.39, 0.29) is 25.9 Å². The molecule has 206 valence electrons. The van der Waals surface area contributed by atoms with Crippen molar-refractivity contribution in [2.24, 2.45) is 7.05 Å². The number of hydrogen-bond acceptors (Lipinski definition) is 6. The van der Waals surface area contributed by atoms with Crippen LogP contribution in [0.15, 0.2) is 48.5 Å². The molecule has 0 aliphatic carbocycles. The van der Waals surface area contributed by atoms with Gasteiger partial charge in [-0.15, -0.1) is 5.10 Å². The van der Waals surface area contributed by atoms with Crippen LogP contribution >= 0.6 is 0 Å². The van der Waals surface area contributed by atoms with Crippen molar-refractivity contribution in [2.75, 3.05) is 13.6 Å². The standard InChI is InChI=1S/C26H32N8O5/c1-27-25(37)29-18-13-22(23(35)28-14-17-9-11-21-20(12-17)31-32-33(21)2)34(15-18)24(36)19(30-26(38)39)10-8-16-6-4-3-5-7-16/h3-7,9,11-12,18-19,22,30H,8,10,13-15H2,1-2H3,(H,28,35)(H,38,39)(H2,27,29,37)/t18-,19?,22-/m0/s1. The molecule has 2 aromatic carbocycles. The zero-order valence-electron chi connectivity index (χ0n) is 21.8. The van der Waals surface area contributed by atoms with Crippen LogP contribution in [0.5, 0.6) is 0 Å². The Hall–Kier alpha value is -4.68. The van der Waals surface area contributed by atoms with Crippen LogP contribution in [0.1, 0.15) is 24.0 Å². The van der Waals surface area contributed by atoms with Crippen LogP contribution in [-0.4, -0.2) is 80.7 Å². The molecule has 0 bridgehead atoms. The second-order valence-electron chi connectivity index (χ2n) is 9.44. The minimum Gasteiger partial charge on any atom is -0.465 e. The highest BCUT2D eigenvalue weighted by Gasteiger charge is 2.42. The Labute approximate surface area is 224 Å². The summed E-state index contributed by atoms with van der Waals surface area (Å²) < 4.78 is 1.65.